The zero-order valence-electron chi connectivity index (χ0n) is 15.9. The van der Waals surface area contributed by atoms with Crippen LogP contribution in [0.15, 0.2) is 16.7 Å². The smallest absolute Gasteiger partial charge is 0.312 e. The highest BCUT2D eigenvalue weighted by molar-refractivity contribution is 5.95. The van der Waals surface area contributed by atoms with Gasteiger partial charge in [-0.1, -0.05) is 0 Å². The molecule has 1 aromatic heterocycles. The average Bonchev–Trinajstić information content (AvgIpc) is 3.21. The number of likely N-dealkylation sites (tertiary alicyclic amines) is 2. The number of amides is 1. The summed E-state index contributed by atoms with van der Waals surface area (Å²) in [6.07, 6.45) is 4.88. The maximum absolute atomic E-state index is 12.6. The minimum Gasteiger partial charge on any atom is -0.469 e. The van der Waals surface area contributed by atoms with Crippen molar-refractivity contribution in [3.63, 3.8) is 0 Å². The molecule has 4 rings (SSSR count). The molecule has 1 unspecified atom stereocenters. The van der Waals surface area contributed by atoms with Crippen LogP contribution in [0.4, 0.5) is 0 Å². The van der Waals surface area contributed by atoms with E-state index in [1.165, 1.54) is 6.26 Å². The molecule has 4 heterocycles. The maximum atomic E-state index is 12.6. The van der Waals surface area contributed by atoms with E-state index in [4.69, 9.17) is 9.15 Å². The van der Waals surface area contributed by atoms with Crippen LogP contribution in [0.3, 0.4) is 0 Å². The number of carbonyl (C=O) groups is 2. The molecule has 1 aromatic rings. The Labute approximate surface area is 159 Å². The second kappa shape index (κ2) is 7.28. The van der Waals surface area contributed by atoms with Gasteiger partial charge in [0.25, 0.3) is 5.91 Å². The number of aliphatic hydroxyl groups excluding tert-OH is 1. The Morgan fingerprint density at radius 2 is 1.96 bits per heavy atom. The van der Waals surface area contributed by atoms with Gasteiger partial charge in [0, 0.05) is 39.1 Å². The van der Waals surface area contributed by atoms with Gasteiger partial charge in [0.15, 0.2) is 0 Å². The summed E-state index contributed by atoms with van der Waals surface area (Å²) in [5, 5.41) is 9.63. The number of hydrogen-bond donors (Lipinski definition) is 1. The highest BCUT2D eigenvalue weighted by Gasteiger charge is 2.51. The van der Waals surface area contributed by atoms with Crippen molar-refractivity contribution in [2.75, 3.05) is 32.7 Å². The quantitative estimate of drug-likeness (QED) is 0.807. The number of cyclic esters (lactones) is 1. The highest BCUT2D eigenvalue weighted by atomic mass is 16.6. The van der Waals surface area contributed by atoms with Crippen molar-refractivity contribution in [1.29, 1.82) is 0 Å². The molecule has 3 saturated heterocycles. The van der Waals surface area contributed by atoms with E-state index in [-0.39, 0.29) is 24.1 Å². The monoisotopic (exact) mass is 376 g/mol. The lowest BCUT2D eigenvalue weighted by Gasteiger charge is -2.36. The zero-order valence-corrected chi connectivity index (χ0v) is 15.9. The van der Waals surface area contributed by atoms with Gasteiger partial charge in [-0.2, -0.15) is 0 Å². The Morgan fingerprint density at radius 1 is 1.26 bits per heavy atom. The van der Waals surface area contributed by atoms with Crippen molar-refractivity contribution < 1.29 is 23.8 Å². The number of esters is 1. The molecule has 7 heteroatoms. The molecular formula is C20H28N2O5. The molecule has 0 radical (unpaired) electrons. The molecule has 3 fully saturated rings. The normalized spacial score (nSPS) is 26.5. The maximum Gasteiger partial charge on any atom is 0.312 e. The summed E-state index contributed by atoms with van der Waals surface area (Å²) in [4.78, 5) is 29.4. The Hall–Kier alpha value is -1.86. The van der Waals surface area contributed by atoms with E-state index < -0.39 is 5.41 Å². The number of furan rings is 1. The molecule has 0 aromatic carbocycles. The summed E-state index contributed by atoms with van der Waals surface area (Å²) in [6.45, 7) is 5.39. The van der Waals surface area contributed by atoms with Gasteiger partial charge in [-0.3, -0.25) is 14.5 Å². The number of hydrogen-bond acceptors (Lipinski definition) is 6. The molecule has 3 aliphatic heterocycles. The minimum absolute atomic E-state index is 0.0223. The topological polar surface area (TPSA) is 83.2 Å². The lowest BCUT2D eigenvalue weighted by molar-refractivity contribution is -0.151. The Kier molecular flexibility index (Phi) is 4.99. The molecule has 0 bridgehead atoms. The van der Waals surface area contributed by atoms with E-state index in [1.54, 1.807) is 13.0 Å². The minimum atomic E-state index is -0.442. The molecule has 3 aliphatic rings. The SMILES string of the molecule is Cc1occc1C(=O)N1CCC2(CC1)CC(CN1CCC(O)CC1)OC2=O. The van der Waals surface area contributed by atoms with Crippen LogP contribution in [0.1, 0.15) is 48.2 Å². The standard InChI is InChI=1S/C20H28N2O5/c1-14-17(4-11-26-14)18(24)22-9-5-20(6-10-22)12-16(27-19(20)25)13-21-7-2-15(23)3-8-21/h4,11,15-16,23H,2-3,5-10,12-13H2,1H3. The third-order valence-corrected chi connectivity index (χ3v) is 6.44. The van der Waals surface area contributed by atoms with E-state index >= 15 is 0 Å². The van der Waals surface area contributed by atoms with Crippen LogP contribution in [0.2, 0.25) is 0 Å². The third-order valence-electron chi connectivity index (χ3n) is 6.44. The Balaban J connectivity index is 1.33. The number of nitrogens with zero attached hydrogens (tertiary/aromatic N) is 2. The van der Waals surface area contributed by atoms with Crippen molar-refractivity contribution in [1.82, 2.24) is 9.80 Å². The van der Waals surface area contributed by atoms with Crippen LogP contribution < -0.4 is 0 Å². The van der Waals surface area contributed by atoms with Crippen LogP contribution in [0.25, 0.3) is 0 Å². The van der Waals surface area contributed by atoms with Gasteiger partial charge in [-0.25, -0.2) is 0 Å². The first-order chi connectivity index (χ1) is 13.0. The van der Waals surface area contributed by atoms with Crippen LogP contribution in [-0.2, 0) is 9.53 Å². The molecular weight excluding hydrogens is 348 g/mol. The van der Waals surface area contributed by atoms with Crippen molar-refractivity contribution in [3.8, 4) is 0 Å². The van der Waals surface area contributed by atoms with E-state index in [0.717, 1.165) is 38.9 Å². The van der Waals surface area contributed by atoms with E-state index in [1.807, 2.05) is 4.90 Å². The van der Waals surface area contributed by atoms with E-state index in [0.29, 0.717) is 37.3 Å². The number of aryl methyl sites for hydroxylation is 1. The second-order valence-corrected chi connectivity index (χ2v) is 8.23. The molecule has 1 amide bonds. The van der Waals surface area contributed by atoms with Crippen molar-refractivity contribution >= 4 is 11.9 Å². The lowest BCUT2D eigenvalue weighted by atomic mass is 9.76. The first-order valence-electron chi connectivity index (χ1n) is 9.92. The molecule has 1 spiro atoms. The fourth-order valence-electron chi connectivity index (χ4n) is 4.65. The summed E-state index contributed by atoms with van der Waals surface area (Å²) in [6, 6.07) is 1.71. The largest absolute Gasteiger partial charge is 0.469 e. The summed E-state index contributed by atoms with van der Waals surface area (Å²) >= 11 is 0. The van der Waals surface area contributed by atoms with Crippen LogP contribution >= 0.6 is 0 Å². The van der Waals surface area contributed by atoms with Crippen molar-refractivity contribution in [2.45, 2.75) is 51.2 Å². The predicted octanol–water partition coefficient (Wildman–Crippen LogP) is 1.58. The number of aliphatic hydroxyl groups is 1. The molecule has 7 nitrogen and oxygen atoms in total. The van der Waals surface area contributed by atoms with Gasteiger partial charge in [0.05, 0.1) is 23.3 Å². The Morgan fingerprint density at radius 3 is 2.59 bits per heavy atom. The summed E-state index contributed by atoms with van der Waals surface area (Å²) in [7, 11) is 0. The van der Waals surface area contributed by atoms with Crippen molar-refractivity contribution in [2.24, 2.45) is 5.41 Å². The zero-order chi connectivity index (χ0) is 19.0. The number of piperidine rings is 2. The molecule has 0 aliphatic carbocycles. The number of carbonyl (C=O) groups excluding carboxylic acids is 2. The fourth-order valence-corrected chi connectivity index (χ4v) is 4.65. The molecule has 148 valence electrons. The van der Waals surface area contributed by atoms with Crippen LogP contribution in [-0.4, -0.2) is 71.7 Å². The molecule has 27 heavy (non-hydrogen) atoms. The van der Waals surface area contributed by atoms with Crippen molar-refractivity contribution in [3.05, 3.63) is 23.7 Å². The third kappa shape index (κ3) is 3.62. The van der Waals surface area contributed by atoms with E-state index in [2.05, 4.69) is 4.90 Å². The first kappa shape index (κ1) is 18.5. The number of rotatable bonds is 3. The second-order valence-electron chi connectivity index (χ2n) is 8.23. The fraction of sp³-hybridized carbons (Fsp3) is 0.700. The summed E-state index contributed by atoms with van der Waals surface area (Å²) < 4.78 is 10.9. The predicted molar refractivity (Wildman–Crippen MR) is 97.2 cm³/mol. The highest BCUT2D eigenvalue weighted by Crippen LogP contribution is 2.43. The first-order valence-corrected chi connectivity index (χ1v) is 9.92. The van der Waals surface area contributed by atoms with Gasteiger partial charge in [0.2, 0.25) is 0 Å². The lowest BCUT2D eigenvalue weighted by Crippen LogP contribution is -2.45. The Bertz CT molecular complexity index is 699. The van der Waals surface area contributed by atoms with Crippen LogP contribution in [0.5, 0.6) is 0 Å². The van der Waals surface area contributed by atoms with Gasteiger partial charge in [-0.05, 0) is 38.7 Å². The molecule has 0 saturated carbocycles. The average molecular weight is 376 g/mol. The number of ether oxygens (including phenoxy) is 1. The van der Waals surface area contributed by atoms with Gasteiger partial charge in [-0.15, -0.1) is 0 Å². The van der Waals surface area contributed by atoms with Gasteiger partial charge >= 0.3 is 5.97 Å². The van der Waals surface area contributed by atoms with E-state index in [9.17, 15) is 14.7 Å². The van der Waals surface area contributed by atoms with Gasteiger partial charge in [0.1, 0.15) is 11.9 Å². The molecule has 1 N–H and O–H groups in total. The van der Waals surface area contributed by atoms with Crippen LogP contribution in [0, 0.1) is 12.3 Å². The summed E-state index contributed by atoms with van der Waals surface area (Å²) in [5.74, 6) is 0.509. The summed E-state index contributed by atoms with van der Waals surface area (Å²) in [5.41, 5.74) is 0.160. The molecule has 1 atom stereocenters. The van der Waals surface area contributed by atoms with Gasteiger partial charge < -0.3 is 19.2 Å².